The number of ether oxygens (including phenoxy) is 1. The predicted octanol–water partition coefficient (Wildman–Crippen LogP) is 12.5. The third kappa shape index (κ3) is 4.34. The average Bonchev–Trinajstić information content (AvgIpc) is 3.34. The van der Waals surface area contributed by atoms with Crippen molar-refractivity contribution in [3.05, 3.63) is 210 Å². The fraction of sp³-hybridized carbons (Fsp3) is 0.0400. The Hall–Kier alpha value is -6.84. The molecule has 2 aliphatic carbocycles. The van der Waals surface area contributed by atoms with Gasteiger partial charge < -0.3 is 4.74 Å². The first kappa shape index (κ1) is 29.8. The molecule has 1 aliphatic heterocycles. The van der Waals surface area contributed by atoms with Gasteiger partial charge in [-0.1, -0.05) is 176 Å². The fourth-order valence-electron chi connectivity index (χ4n) is 8.90. The molecule has 8 aromatic rings. The van der Waals surface area contributed by atoms with Crippen molar-refractivity contribution in [1.29, 1.82) is 0 Å². The van der Waals surface area contributed by atoms with Crippen LogP contribution in [-0.4, -0.2) is 9.97 Å². The zero-order chi connectivity index (χ0) is 34.9. The van der Waals surface area contributed by atoms with Gasteiger partial charge in [0.1, 0.15) is 11.5 Å². The summed E-state index contributed by atoms with van der Waals surface area (Å²) in [6, 6.07) is 54.4. The van der Waals surface area contributed by atoms with Gasteiger partial charge in [-0.25, -0.2) is 9.97 Å². The molecule has 0 atom stereocenters. The molecular formula is C50H32N2O. The van der Waals surface area contributed by atoms with Crippen molar-refractivity contribution in [2.45, 2.75) is 11.8 Å². The minimum atomic E-state index is -0.692. The summed E-state index contributed by atoms with van der Waals surface area (Å²) >= 11 is 0. The number of benzene rings is 7. The van der Waals surface area contributed by atoms with Crippen LogP contribution >= 0.6 is 0 Å². The number of hydrogen-bond donors (Lipinski definition) is 0. The normalized spacial score (nSPS) is 14.6. The van der Waals surface area contributed by atoms with Gasteiger partial charge in [-0.3, -0.25) is 0 Å². The lowest BCUT2D eigenvalue weighted by Gasteiger charge is -2.41. The highest BCUT2D eigenvalue weighted by Gasteiger charge is 2.53. The smallest absolute Gasteiger partial charge is 0.160 e. The Kier molecular flexibility index (Phi) is 6.53. The molecule has 3 heteroatoms. The van der Waals surface area contributed by atoms with E-state index in [0.29, 0.717) is 5.82 Å². The van der Waals surface area contributed by atoms with E-state index < -0.39 is 5.41 Å². The van der Waals surface area contributed by atoms with E-state index in [1.807, 2.05) is 6.07 Å². The maximum atomic E-state index is 7.21. The van der Waals surface area contributed by atoms with E-state index in [4.69, 9.17) is 14.7 Å². The summed E-state index contributed by atoms with van der Waals surface area (Å²) in [4.78, 5) is 10.6. The number of hydrogen-bond acceptors (Lipinski definition) is 3. The first-order valence-electron chi connectivity index (χ1n) is 18.2. The summed E-state index contributed by atoms with van der Waals surface area (Å²) in [6.45, 7) is 0. The lowest BCUT2D eigenvalue weighted by atomic mass is 9.64. The molecule has 1 spiro atoms. The molecule has 0 fully saturated rings. The second-order valence-electron chi connectivity index (χ2n) is 14.0. The van der Waals surface area contributed by atoms with E-state index in [2.05, 4.69) is 176 Å². The Labute approximate surface area is 307 Å². The molecule has 0 amide bonds. The Morgan fingerprint density at radius 1 is 0.509 bits per heavy atom. The summed E-state index contributed by atoms with van der Waals surface area (Å²) < 4.78 is 7.21. The van der Waals surface area contributed by atoms with E-state index in [9.17, 15) is 0 Å². The third-order valence-corrected chi connectivity index (χ3v) is 11.2. The van der Waals surface area contributed by atoms with Crippen molar-refractivity contribution in [2.24, 2.45) is 0 Å². The summed E-state index contributed by atoms with van der Waals surface area (Å²) in [5.41, 5.74) is 11.4. The van der Waals surface area contributed by atoms with Crippen molar-refractivity contribution in [1.82, 2.24) is 9.97 Å². The lowest BCUT2D eigenvalue weighted by Crippen LogP contribution is -2.33. The minimum Gasteiger partial charge on any atom is -0.455 e. The van der Waals surface area contributed by atoms with Gasteiger partial charge in [-0.15, -0.1) is 0 Å². The molecule has 0 radical (unpaired) electrons. The summed E-state index contributed by atoms with van der Waals surface area (Å²) in [6.07, 6.45) is 11.6. The van der Waals surface area contributed by atoms with Crippen LogP contribution in [0.4, 0.5) is 0 Å². The van der Waals surface area contributed by atoms with Gasteiger partial charge in [-0.05, 0) is 51.1 Å². The molecule has 2 heterocycles. The second kappa shape index (κ2) is 11.6. The average molecular weight is 677 g/mol. The van der Waals surface area contributed by atoms with Gasteiger partial charge in [-0.2, -0.15) is 0 Å². The van der Waals surface area contributed by atoms with Gasteiger partial charge in [0.25, 0.3) is 0 Å². The number of rotatable bonds is 3. The van der Waals surface area contributed by atoms with Crippen LogP contribution in [0.1, 0.15) is 34.4 Å². The van der Waals surface area contributed by atoms with Gasteiger partial charge in [0.2, 0.25) is 0 Å². The standard InChI is InChI=1S/C50H32N2O/c1-2-5-18-34(17-4-1)44-31-45(52-49(51-44)35-19-6-3-7-20-35)40-25-14-24-39-38-23-12-13-26-41(38)50(46(39)40)42-29-27-32-15-8-10-21-36(32)47(42)53-48-37-22-11-9-16-33(37)28-30-43(48)50/h1-4,6-31H,5H2. The highest BCUT2D eigenvalue weighted by Crippen LogP contribution is 2.65. The molecule has 0 saturated carbocycles. The second-order valence-corrected chi connectivity index (χ2v) is 14.0. The molecule has 11 rings (SSSR count). The minimum absolute atomic E-state index is 0.692. The first-order chi connectivity index (χ1) is 26.3. The molecule has 1 aromatic heterocycles. The highest BCUT2D eigenvalue weighted by molar-refractivity contribution is 6.01. The Bertz CT molecular complexity index is 2810. The van der Waals surface area contributed by atoms with E-state index in [-0.39, 0.29) is 0 Å². The summed E-state index contributed by atoms with van der Waals surface area (Å²) in [7, 11) is 0. The van der Waals surface area contributed by atoms with Gasteiger partial charge in [0, 0.05) is 33.0 Å². The first-order valence-corrected chi connectivity index (χ1v) is 18.2. The molecule has 3 nitrogen and oxygen atoms in total. The van der Waals surface area contributed by atoms with Crippen LogP contribution in [0.2, 0.25) is 0 Å². The van der Waals surface area contributed by atoms with Gasteiger partial charge >= 0.3 is 0 Å². The molecule has 0 unspecified atom stereocenters. The zero-order valence-corrected chi connectivity index (χ0v) is 28.8. The highest BCUT2D eigenvalue weighted by atomic mass is 16.5. The van der Waals surface area contributed by atoms with Crippen LogP contribution < -0.4 is 4.74 Å². The SMILES string of the molecule is C1=CCC=C(c2cc(-c3cccc4c3C3(c5ccccc5-4)c4ccc5ccccc5c4Oc4c3ccc3ccccc43)nc(-c3ccccc3)n2)C=C1. The largest absolute Gasteiger partial charge is 0.455 e. The Morgan fingerprint density at radius 2 is 1.15 bits per heavy atom. The van der Waals surface area contributed by atoms with Crippen molar-refractivity contribution >= 4 is 27.1 Å². The molecular weight excluding hydrogens is 645 g/mol. The van der Waals surface area contributed by atoms with Gasteiger partial charge in [0.15, 0.2) is 5.82 Å². The quantitative estimate of drug-likeness (QED) is 0.187. The van der Waals surface area contributed by atoms with Crippen molar-refractivity contribution in [2.75, 3.05) is 0 Å². The van der Waals surface area contributed by atoms with E-state index in [1.165, 1.54) is 22.3 Å². The van der Waals surface area contributed by atoms with E-state index in [0.717, 1.165) is 78.7 Å². The Morgan fingerprint density at radius 3 is 1.92 bits per heavy atom. The zero-order valence-electron chi connectivity index (χ0n) is 28.8. The van der Waals surface area contributed by atoms with Crippen LogP contribution in [0, 0.1) is 0 Å². The van der Waals surface area contributed by atoms with E-state index in [1.54, 1.807) is 0 Å². The van der Waals surface area contributed by atoms with Crippen molar-refractivity contribution in [3.8, 4) is 45.3 Å². The van der Waals surface area contributed by atoms with E-state index >= 15 is 0 Å². The molecule has 3 aliphatic rings. The van der Waals surface area contributed by atoms with Gasteiger partial charge in [0.05, 0.1) is 16.8 Å². The third-order valence-electron chi connectivity index (χ3n) is 11.2. The Balaban J connectivity index is 1.29. The van der Waals surface area contributed by atoms with Crippen LogP contribution in [0.3, 0.4) is 0 Å². The lowest BCUT2D eigenvalue weighted by molar-refractivity contribution is 0.447. The van der Waals surface area contributed by atoms with Crippen LogP contribution in [-0.2, 0) is 5.41 Å². The maximum Gasteiger partial charge on any atom is 0.160 e. The predicted molar refractivity (Wildman–Crippen MR) is 216 cm³/mol. The summed E-state index contributed by atoms with van der Waals surface area (Å²) in [5.74, 6) is 2.51. The molecule has 0 bridgehead atoms. The summed E-state index contributed by atoms with van der Waals surface area (Å²) in [5, 5.41) is 4.50. The number of aromatic nitrogens is 2. The molecule has 7 aromatic carbocycles. The van der Waals surface area contributed by atoms with Crippen molar-refractivity contribution in [3.63, 3.8) is 0 Å². The maximum absolute atomic E-state index is 7.21. The molecule has 0 N–H and O–H groups in total. The topological polar surface area (TPSA) is 35.0 Å². The number of fused-ring (bicyclic) bond motifs is 13. The fourth-order valence-corrected chi connectivity index (χ4v) is 8.90. The molecule has 53 heavy (non-hydrogen) atoms. The number of allylic oxidation sites excluding steroid dienone is 6. The van der Waals surface area contributed by atoms with Crippen molar-refractivity contribution < 1.29 is 4.74 Å². The van der Waals surface area contributed by atoms with Crippen LogP contribution in [0.5, 0.6) is 11.5 Å². The van der Waals surface area contributed by atoms with Crippen LogP contribution in [0.15, 0.2) is 182 Å². The monoisotopic (exact) mass is 676 g/mol. The molecule has 248 valence electrons. The van der Waals surface area contributed by atoms with Crippen LogP contribution in [0.25, 0.3) is 60.9 Å². The number of nitrogens with zero attached hydrogens (tertiary/aromatic N) is 2. The molecule has 0 saturated heterocycles.